The summed E-state index contributed by atoms with van der Waals surface area (Å²) < 4.78 is 5.94. The van der Waals surface area contributed by atoms with Gasteiger partial charge < -0.3 is 10.1 Å². The van der Waals surface area contributed by atoms with Crippen molar-refractivity contribution in [3.8, 4) is 16.9 Å². The topological polar surface area (TPSA) is 53.6 Å². The summed E-state index contributed by atoms with van der Waals surface area (Å²) in [7, 11) is 0. The van der Waals surface area contributed by atoms with Crippen LogP contribution in [0.25, 0.3) is 11.1 Å². The Morgan fingerprint density at radius 2 is 1.60 bits per heavy atom. The van der Waals surface area contributed by atoms with Gasteiger partial charge in [0.1, 0.15) is 5.75 Å². The highest BCUT2D eigenvalue weighted by molar-refractivity contribution is 5.93. The molecule has 30 heavy (non-hydrogen) atoms. The first-order valence-electron chi connectivity index (χ1n) is 10.4. The Morgan fingerprint density at radius 1 is 0.933 bits per heavy atom. The van der Waals surface area contributed by atoms with Crippen LogP contribution >= 0.6 is 0 Å². The van der Waals surface area contributed by atoms with Gasteiger partial charge in [0, 0.05) is 31.2 Å². The molecule has 1 aliphatic heterocycles. The number of amides is 1. The lowest BCUT2D eigenvalue weighted by Gasteiger charge is -2.33. The lowest BCUT2D eigenvalue weighted by Crippen LogP contribution is -2.57. The molecule has 1 heterocycles. The number of hydrogen-bond donors (Lipinski definition) is 2. The number of rotatable bonds is 7. The standard InChI is InChI=1S/C25H27N3O2/c29-25(22-9-5-2-6-10-22)27-28-17-16-26-23(19-28)15-18-30-24-13-11-21(12-14-24)20-7-3-1-4-8-20/h1-14,23,26H,15-19H2,(H,27,29). The zero-order chi connectivity index (χ0) is 20.6. The number of hydrazine groups is 1. The molecule has 0 radical (unpaired) electrons. The molecule has 2 N–H and O–H groups in total. The molecule has 0 saturated carbocycles. The molecule has 1 fully saturated rings. The van der Waals surface area contributed by atoms with Crippen molar-refractivity contribution >= 4 is 5.91 Å². The van der Waals surface area contributed by atoms with Crippen molar-refractivity contribution in [3.63, 3.8) is 0 Å². The van der Waals surface area contributed by atoms with Gasteiger partial charge in [-0.3, -0.25) is 10.2 Å². The first kappa shape index (κ1) is 20.1. The Labute approximate surface area is 177 Å². The highest BCUT2D eigenvalue weighted by Crippen LogP contribution is 2.22. The third-order valence-corrected chi connectivity index (χ3v) is 5.25. The van der Waals surface area contributed by atoms with E-state index < -0.39 is 0 Å². The van der Waals surface area contributed by atoms with Gasteiger partial charge in [0.05, 0.1) is 6.61 Å². The average molecular weight is 402 g/mol. The van der Waals surface area contributed by atoms with Crippen LogP contribution in [0.5, 0.6) is 5.75 Å². The minimum atomic E-state index is -0.0639. The number of ether oxygens (including phenoxy) is 1. The van der Waals surface area contributed by atoms with Gasteiger partial charge in [0.25, 0.3) is 5.91 Å². The molecule has 0 aliphatic carbocycles. The highest BCUT2D eigenvalue weighted by Gasteiger charge is 2.21. The van der Waals surface area contributed by atoms with Crippen molar-refractivity contribution in [1.82, 2.24) is 15.8 Å². The van der Waals surface area contributed by atoms with Crippen molar-refractivity contribution < 1.29 is 9.53 Å². The maximum Gasteiger partial charge on any atom is 0.265 e. The minimum absolute atomic E-state index is 0.0639. The smallest absolute Gasteiger partial charge is 0.265 e. The first-order valence-corrected chi connectivity index (χ1v) is 10.4. The van der Waals surface area contributed by atoms with Gasteiger partial charge >= 0.3 is 0 Å². The zero-order valence-corrected chi connectivity index (χ0v) is 17.0. The molecule has 5 heteroatoms. The molecule has 1 saturated heterocycles. The van der Waals surface area contributed by atoms with Crippen LogP contribution in [-0.2, 0) is 0 Å². The second-order valence-electron chi connectivity index (χ2n) is 7.43. The number of benzene rings is 3. The average Bonchev–Trinajstić information content (AvgIpc) is 2.81. The van der Waals surface area contributed by atoms with Crippen molar-refractivity contribution in [2.24, 2.45) is 0 Å². The molecule has 3 aromatic carbocycles. The van der Waals surface area contributed by atoms with Crippen LogP contribution in [0.4, 0.5) is 0 Å². The predicted molar refractivity (Wildman–Crippen MR) is 119 cm³/mol. The van der Waals surface area contributed by atoms with E-state index in [1.165, 1.54) is 11.1 Å². The van der Waals surface area contributed by atoms with Crippen LogP contribution in [0.2, 0.25) is 0 Å². The van der Waals surface area contributed by atoms with E-state index in [9.17, 15) is 4.79 Å². The molecule has 5 nitrogen and oxygen atoms in total. The summed E-state index contributed by atoms with van der Waals surface area (Å²) in [6.07, 6.45) is 0.873. The van der Waals surface area contributed by atoms with E-state index in [4.69, 9.17) is 4.74 Å². The van der Waals surface area contributed by atoms with Crippen molar-refractivity contribution in [3.05, 3.63) is 90.5 Å². The maximum absolute atomic E-state index is 12.4. The molecule has 3 aromatic rings. The Balaban J connectivity index is 1.22. The highest BCUT2D eigenvalue weighted by atomic mass is 16.5. The number of carbonyl (C=O) groups is 1. The first-order chi connectivity index (χ1) is 14.8. The molecule has 0 spiro atoms. The molecule has 4 rings (SSSR count). The van der Waals surface area contributed by atoms with E-state index in [-0.39, 0.29) is 11.9 Å². The number of nitrogens with one attached hydrogen (secondary N) is 2. The summed E-state index contributed by atoms with van der Waals surface area (Å²) in [6, 6.07) is 28.1. The lowest BCUT2D eigenvalue weighted by molar-refractivity contribution is 0.0709. The molecule has 1 unspecified atom stereocenters. The molecular formula is C25H27N3O2. The van der Waals surface area contributed by atoms with Crippen molar-refractivity contribution in [2.45, 2.75) is 12.5 Å². The fourth-order valence-corrected chi connectivity index (χ4v) is 3.61. The minimum Gasteiger partial charge on any atom is -0.494 e. The Hall–Kier alpha value is -3.15. The van der Waals surface area contributed by atoms with Crippen LogP contribution < -0.4 is 15.5 Å². The van der Waals surface area contributed by atoms with E-state index in [1.807, 2.05) is 65.7 Å². The van der Waals surface area contributed by atoms with Crippen molar-refractivity contribution in [2.75, 3.05) is 26.2 Å². The van der Waals surface area contributed by atoms with E-state index in [1.54, 1.807) is 0 Å². The maximum atomic E-state index is 12.4. The van der Waals surface area contributed by atoms with Crippen molar-refractivity contribution in [1.29, 1.82) is 0 Å². The number of nitrogens with zero attached hydrogens (tertiary/aromatic N) is 1. The number of carbonyl (C=O) groups excluding carboxylic acids is 1. The zero-order valence-electron chi connectivity index (χ0n) is 17.0. The molecule has 154 valence electrons. The van der Waals surface area contributed by atoms with Crippen LogP contribution in [0.3, 0.4) is 0 Å². The monoisotopic (exact) mass is 401 g/mol. The summed E-state index contributed by atoms with van der Waals surface area (Å²) in [4.78, 5) is 12.4. The molecule has 0 bridgehead atoms. The van der Waals surface area contributed by atoms with Gasteiger partial charge in [-0.2, -0.15) is 0 Å². The van der Waals surface area contributed by atoms with E-state index in [2.05, 4.69) is 35.0 Å². The van der Waals surface area contributed by atoms with Gasteiger partial charge in [0.15, 0.2) is 0 Å². The van der Waals surface area contributed by atoms with Gasteiger partial charge in [0.2, 0.25) is 0 Å². The van der Waals surface area contributed by atoms with E-state index in [0.717, 1.165) is 31.8 Å². The van der Waals surface area contributed by atoms with Crippen LogP contribution in [0.15, 0.2) is 84.9 Å². The molecule has 0 aromatic heterocycles. The normalized spacial score (nSPS) is 16.7. The summed E-state index contributed by atoms with van der Waals surface area (Å²) >= 11 is 0. The Morgan fingerprint density at radius 3 is 2.33 bits per heavy atom. The van der Waals surface area contributed by atoms with E-state index in [0.29, 0.717) is 12.2 Å². The number of piperazine rings is 1. The van der Waals surface area contributed by atoms with Gasteiger partial charge in [-0.25, -0.2) is 5.01 Å². The largest absolute Gasteiger partial charge is 0.494 e. The lowest BCUT2D eigenvalue weighted by atomic mass is 10.1. The third kappa shape index (κ3) is 5.47. The van der Waals surface area contributed by atoms with E-state index >= 15 is 0 Å². The summed E-state index contributed by atoms with van der Waals surface area (Å²) in [5, 5.41) is 5.50. The quantitative estimate of drug-likeness (QED) is 0.633. The molecule has 1 aliphatic rings. The van der Waals surface area contributed by atoms with Crippen LogP contribution in [-0.4, -0.2) is 43.2 Å². The summed E-state index contributed by atoms with van der Waals surface area (Å²) in [5.41, 5.74) is 6.07. The summed E-state index contributed by atoms with van der Waals surface area (Å²) in [5.74, 6) is 0.811. The summed E-state index contributed by atoms with van der Waals surface area (Å²) in [6.45, 7) is 3.01. The SMILES string of the molecule is O=C(NN1CCNC(CCOc2ccc(-c3ccccc3)cc2)C1)c1ccccc1. The Bertz CT molecular complexity index is 930. The van der Waals surface area contributed by atoms with Gasteiger partial charge in [-0.15, -0.1) is 0 Å². The molecular weight excluding hydrogens is 374 g/mol. The second kappa shape index (κ2) is 10.1. The second-order valence-corrected chi connectivity index (χ2v) is 7.43. The van der Waals surface area contributed by atoms with Gasteiger partial charge in [-0.1, -0.05) is 60.7 Å². The third-order valence-electron chi connectivity index (χ3n) is 5.25. The van der Waals surface area contributed by atoms with Gasteiger partial charge in [-0.05, 0) is 41.8 Å². The molecule has 1 amide bonds. The number of hydrogen-bond acceptors (Lipinski definition) is 4. The fraction of sp³-hybridized carbons (Fsp3) is 0.240. The van der Waals surface area contributed by atoms with Crippen LogP contribution in [0.1, 0.15) is 16.8 Å². The predicted octanol–water partition coefficient (Wildman–Crippen LogP) is 3.74. The fourth-order valence-electron chi connectivity index (χ4n) is 3.61. The van der Waals surface area contributed by atoms with Crippen LogP contribution in [0, 0.1) is 0 Å². The molecule has 1 atom stereocenters. The Kier molecular flexibility index (Phi) is 6.75.